The molecule has 0 bridgehead atoms. The minimum absolute atomic E-state index is 0.182. The monoisotopic (exact) mass is 230 g/mol. The van der Waals surface area contributed by atoms with Gasteiger partial charge < -0.3 is 10.2 Å². The predicted octanol–water partition coefficient (Wildman–Crippen LogP) is 1.15. The van der Waals surface area contributed by atoms with Gasteiger partial charge in [0.25, 0.3) is 0 Å². The molecule has 0 atom stereocenters. The van der Waals surface area contributed by atoms with Gasteiger partial charge in [-0.25, -0.2) is 0 Å². The van der Waals surface area contributed by atoms with Gasteiger partial charge in [0, 0.05) is 26.2 Å². The number of piperazine rings is 1. The van der Waals surface area contributed by atoms with Crippen molar-refractivity contribution in [1.82, 2.24) is 10.2 Å². The van der Waals surface area contributed by atoms with Gasteiger partial charge in [0.05, 0.1) is 5.41 Å². The number of amides is 1. The summed E-state index contributed by atoms with van der Waals surface area (Å²) in [6.45, 7) is 3.56. The fraction of sp³-hybridized carbons (Fsp3) is 0.500. The van der Waals surface area contributed by atoms with Crippen molar-refractivity contribution in [3.63, 3.8) is 0 Å². The lowest BCUT2D eigenvalue weighted by Gasteiger charge is -2.31. The van der Waals surface area contributed by atoms with Crippen LogP contribution in [0.5, 0.6) is 0 Å². The number of carbonyl (C=O) groups is 1. The van der Waals surface area contributed by atoms with Crippen molar-refractivity contribution in [1.29, 1.82) is 0 Å². The smallest absolute Gasteiger partial charge is 0.233 e. The second-order valence-electron chi connectivity index (χ2n) is 4.99. The van der Waals surface area contributed by atoms with E-state index in [1.165, 1.54) is 5.56 Å². The highest BCUT2D eigenvalue weighted by atomic mass is 16.2. The Morgan fingerprint density at radius 2 is 1.76 bits per heavy atom. The van der Waals surface area contributed by atoms with Crippen molar-refractivity contribution in [2.45, 2.75) is 18.3 Å². The first-order chi connectivity index (χ1) is 8.33. The Balaban J connectivity index is 1.81. The maximum Gasteiger partial charge on any atom is 0.233 e. The molecule has 0 radical (unpaired) electrons. The third kappa shape index (κ3) is 1.84. The Hall–Kier alpha value is -1.35. The molecule has 1 heterocycles. The summed E-state index contributed by atoms with van der Waals surface area (Å²) in [5, 5.41) is 3.29. The fourth-order valence-corrected chi connectivity index (χ4v) is 2.68. The van der Waals surface area contributed by atoms with Crippen LogP contribution in [0.25, 0.3) is 0 Å². The highest BCUT2D eigenvalue weighted by Gasteiger charge is 2.52. The molecule has 0 aromatic heterocycles. The van der Waals surface area contributed by atoms with Crippen LogP contribution in [0.3, 0.4) is 0 Å². The van der Waals surface area contributed by atoms with Crippen LogP contribution in [-0.2, 0) is 10.2 Å². The van der Waals surface area contributed by atoms with E-state index in [1.54, 1.807) is 0 Å². The van der Waals surface area contributed by atoms with Crippen molar-refractivity contribution < 1.29 is 4.79 Å². The quantitative estimate of drug-likeness (QED) is 0.826. The molecule has 2 aliphatic rings. The van der Waals surface area contributed by atoms with Crippen LogP contribution >= 0.6 is 0 Å². The lowest BCUT2D eigenvalue weighted by Crippen LogP contribution is -2.49. The van der Waals surface area contributed by atoms with E-state index in [1.807, 2.05) is 23.1 Å². The van der Waals surface area contributed by atoms with E-state index in [-0.39, 0.29) is 5.41 Å². The average molecular weight is 230 g/mol. The van der Waals surface area contributed by atoms with Gasteiger partial charge in [0.2, 0.25) is 5.91 Å². The SMILES string of the molecule is O=C(N1CCNCC1)C1(c2ccccc2)CC1. The Morgan fingerprint density at radius 1 is 1.12 bits per heavy atom. The van der Waals surface area contributed by atoms with Crippen LogP contribution in [0.4, 0.5) is 0 Å². The van der Waals surface area contributed by atoms with Crippen LogP contribution in [0.15, 0.2) is 30.3 Å². The zero-order valence-corrected chi connectivity index (χ0v) is 9.98. The Bertz CT molecular complexity index is 405. The van der Waals surface area contributed by atoms with Crippen LogP contribution in [0.1, 0.15) is 18.4 Å². The Labute approximate surface area is 102 Å². The van der Waals surface area contributed by atoms with Crippen LogP contribution in [-0.4, -0.2) is 37.0 Å². The molecule has 2 fully saturated rings. The first-order valence-corrected chi connectivity index (χ1v) is 6.39. The number of nitrogens with zero attached hydrogens (tertiary/aromatic N) is 1. The molecule has 1 aromatic carbocycles. The molecule has 17 heavy (non-hydrogen) atoms. The van der Waals surface area contributed by atoms with Crippen molar-refractivity contribution in [3.05, 3.63) is 35.9 Å². The van der Waals surface area contributed by atoms with Gasteiger partial charge in [-0.1, -0.05) is 30.3 Å². The van der Waals surface area contributed by atoms with E-state index in [0.29, 0.717) is 5.91 Å². The summed E-state index contributed by atoms with van der Waals surface area (Å²) in [6.07, 6.45) is 2.03. The first-order valence-electron chi connectivity index (χ1n) is 6.39. The summed E-state index contributed by atoms with van der Waals surface area (Å²) in [4.78, 5) is 14.6. The number of hydrogen-bond donors (Lipinski definition) is 1. The predicted molar refractivity (Wildman–Crippen MR) is 66.8 cm³/mol. The Morgan fingerprint density at radius 3 is 2.35 bits per heavy atom. The molecular weight excluding hydrogens is 212 g/mol. The number of carbonyl (C=O) groups excluding carboxylic acids is 1. The highest BCUT2D eigenvalue weighted by molar-refractivity contribution is 5.91. The molecule has 0 spiro atoms. The Kier molecular flexibility index (Phi) is 2.63. The highest BCUT2D eigenvalue weighted by Crippen LogP contribution is 2.49. The topological polar surface area (TPSA) is 32.3 Å². The molecule has 3 nitrogen and oxygen atoms in total. The van der Waals surface area contributed by atoms with Crippen LogP contribution < -0.4 is 5.32 Å². The molecule has 1 aliphatic carbocycles. The normalized spacial score (nSPS) is 22.2. The molecule has 1 aliphatic heterocycles. The van der Waals surface area contributed by atoms with Gasteiger partial charge in [-0.05, 0) is 18.4 Å². The summed E-state index contributed by atoms with van der Waals surface area (Å²) < 4.78 is 0. The number of hydrogen-bond acceptors (Lipinski definition) is 2. The summed E-state index contributed by atoms with van der Waals surface area (Å²) in [5.74, 6) is 0.338. The third-order valence-corrected chi connectivity index (χ3v) is 3.89. The maximum atomic E-state index is 12.6. The maximum absolute atomic E-state index is 12.6. The average Bonchev–Trinajstić information content (AvgIpc) is 3.21. The zero-order chi connectivity index (χ0) is 11.7. The second-order valence-corrected chi connectivity index (χ2v) is 4.99. The number of benzene rings is 1. The largest absolute Gasteiger partial charge is 0.339 e. The standard InChI is InChI=1S/C14H18N2O/c17-13(16-10-8-15-9-11-16)14(6-7-14)12-4-2-1-3-5-12/h1-5,15H,6-11H2. The van der Waals surface area contributed by atoms with Gasteiger partial charge in [-0.2, -0.15) is 0 Å². The molecule has 90 valence electrons. The van der Waals surface area contributed by atoms with Crippen LogP contribution in [0, 0.1) is 0 Å². The van der Waals surface area contributed by atoms with E-state index in [2.05, 4.69) is 17.4 Å². The van der Waals surface area contributed by atoms with E-state index < -0.39 is 0 Å². The number of rotatable bonds is 2. The lowest BCUT2D eigenvalue weighted by molar-refractivity contribution is -0.134. The van der Waals surface area contributed by atoms with E-state index >= 15 is 0 Å². The third-order valence-electron chi connectivity index (χ3n) is 3.89. The molecule has 1 aromatic rings. The van der Waals surface area contributed by atoms with Crippen molar-refractivity contribution in [2.24, 2.45) is 0 Å². The molecule has 0 unspecified atom stereocenters. The van der Waals surface area contributed by atoms with Crippen molar-refractivity contribution in [2.75, 3.05) is 26.2 Å². The van der Waals surface area contributed by atoms with Gasteiger partial charge in [0.15, 0.2) is 0 Å². The summed E-state index contributed by atoms with van der Waals surface area (Å²) in [5.41, 5.74) is 1.02. The van der Waals surface area contributed by atoms with E-state index in [0.717, 1.165) is 39.0 Å². The van der Waals surface area contributed by atoms with Gasteiger partial charge >= 0.3 is 0 Å². The molecule has 1 N–H and O–H groups in total. The first kappa shape index (κ1) is 10.8. The van der Waals surface area contributed by atoms with Crippen molar-refractivity contribution in [3.8, 4) is 0 Å². The lowest BCUT2D eigenvalue weighted by atomic mass is 9.94. The number of nitrogens with one attached hydrogen (secondary N) is 1. The van der Waals surface area contributed by atoms with Gasteiger partial charge in [-0.3, -0.25) is 4.79 Å². The van der Waals surface area contributed by atoms with Gasteiger partial charge in [0.1, 0.15) is 0 Å². The second kappa shape index (κ2) is 4.15. The summed E-state index contributed by atoms with van der Waals surface area (Å²) in [6, 6.07) is 10.2. The summed E-state index contributed by atoms with van der Waals surface area (Å²) >= 11 is 0. The van der Waals surface area contributed by atoms with Crippen LogP contribution in [0.2, 0.25) is 0 Å². The molecule has 3 heteroatoms. The van der Waals surface area contributed by atoms with E-state index in [9.17, 15) is 4.79 Å². The van der Waals surface area contributed by atoms with Crippen molar-refractivity contribution >= 4 is 5.91 Å². The van der Waals surface area contributed by atoms with Gasteiger partial charge in [-0.15, -0.1) is 0 Å². The molecular formula is C14H18N2O. The molecule has 1 saturated carbocycles. The molecule has 1 saturated heterocycles. The van der Waals surface area contributed by atoms with E-state index in [4.69, 9.17) is 0 Å². The molecule has 1 amide bonds. The fourth-order valence-electron chi connectivity index (χ4n) is 2.68. The molecule has 3 rings (SSSR count). The zero-order valence-electron chi connectivity index (χ0n) is 9.98. The minimum Gasteiger partial charge on any atom is -0.339 e. The summed E-state index contributed by atoms with van der Waals surface area (Å²) in [7, 11) is 0. The minimum atomic E-state index is -0.182.